The molecule has 2 aromatic heterocycles. The second-order valence-corrected chi connectivity index (χ2v) is 5.33. The number of aromatic nitrogens is 1. The number of nitrogens with one attached hydrogen (secondary N) is 1. The Morgan fingerprint density at radius 2 is 2.27 bits per heavy atom. The second-order valence-electron chi connectivity index (χ2n) is 5.33. The predicted molar refractivity (Wildman–Crippen MR) is 86.3 cm³/mol. The van der Waals surface area contributed by atoms with Crippen LogP contribution in [-0.4, -0.2) is 35.4 Å². The standard InChI is InChI=1S/C16H19N3O2.ClH/c1-11-8-14(12(2)21-11)16(20)19-7-6-18-10-15(19)13-4-3-5-17-9-13;/h3-5,8-9,15,18H,6-7,10H2,1-2H3;1H. The summed E-state index contributed by atoms with van der Waals surface area (Å²) < 4.78 is 5.49. The molecule has 5 nitrogen and oxygen atoms in total. The molecule has 0 spiro atoms. The van der Waals surface area contributed by atoms with E-state index in [0.29, 0.717) is 17.9 Å². The number of carbonyl (C=O) groups excluding carboxylic acids is 1. The van der Waals surface area contributed by atoms with Gasteiger partial charge in [-0.2, -0.15) is 0 Å². The van der Waals surface area contributed by atoms with Crippen molar-refractivity contribution in [3.8, 4) is 0 Å². The van der Waals surface area contributed by atoms with E-state index in [1.54, 1.807) is 6.20 Å². The van der Waals surface area contributed by atoms with E-state index in [9.17, 15) is 4.79 Å². The monoisotopic (exact) mass is 321 g/mol. The maximum Gasteiger partial charge on any atom is 0.258 e. The molecular formula is C16H20ClN3O2. The van der Waals surface area contributed by atoms with E-state index < -0.39 is 0 Å². The highest BCUT2D eigenvalue weighted by Crippen LogP contribution is 2.25. The lowest BCUT2D eigenvalue weighted by Crippen LogP contribution is -2.48. The molecule has 1 aliphatic rings. The first-order valence-corrected chi connectivity index (χ1v) is 7.15. The van der Waals surface area contributed by atoms with Gasteiger partial charge in [0.25, 0.3) is 5.91 Å². The van der Waals surface area contributed by atoms with Crippen molar-refractivity contribution < 1.29 is 9.21 Å². The first-order valence-electron chi connectivity index (χ1n) is 7.15. The zero-order chi connectivity index (χ0) is 14.8. The number of hydrogen-bond acceptors (Lipinski definition) is 4. The number of furan rings is 1. The normalized spacial score (nSPS) is 17.9. The molecule has 1 aliphatic heterocycles. The van der Waals surface area contributed by atoms with E-state index in [4.69, 9.17) is 4.42 Å². The summed E-state index contributed by atoms with van der Waals surface area (Å²) in [5, 5.41) is 3.34. The summed E-state index contributed by atoms with van der Waals surface area (Å²) in [5.41, 5.74) is 1.71. The Morgan fingerprint density at radius 1 is 1.45 bits per heavy atom. The van der Waals surface area contributed by atoms with Gasteiger partial charge in [0.05, 0.1) is 11.6 Å². The maximum atomic E-state index is 12.8. The Bertz CT molecular complexity index is 642. The first kappa shape index (κ1) is 16.5. The zero-order valence-electron chi connectivity index (χ0n) is 12.7. The van der Waals surface area contributed by atoms with Gasteiger partial charge in [-0.05, 0) is 31.5 Å². The smallest absolute Gasteiger partial charge is 0.258 e. The fourth-order valence-electron chi connectivity index (χ4n) is 2.82. The maximum absolute atomic E-state index is 12.8. The molecular weight excluding hydrogens is 302 g/mol. The topological polar surface area (TPSA) is 58.4 Å². The predicted octanol–water partition coefficient (Wildman–Crippen LogP) is 2.50. The molecule has 1 atom stereocenters. The molecule has 3 rings (SSSR count). The molecule has 22 heavy (non-hydrogen) atoms. The van der Waals surface area contributed by atoms with Crippen LogP contribution in [0.4, 0.5) is 0 Å². The van der Waals surface area contributed by atoms with E-state index >= 15 is 0 Å². The van der Waals surface area contributed by atoms with Gasteiger partial charge in [0, 0.05) is 32.0 Å². The van der Waals surface area contributed by atoms with E-state index in [0.717, 1.165) is 24.4 Å². The van der Waals surface area contributed by atoms with Gasteiger partial charge in [-0.3, -0.25) is 9.78 Å². The molecule has 2 aromatic rings. The number of aryl methyl sites for hydroxylation is 2. The molecule has 6 heteroatoms. The van der Waals surface area contributed by atoms with Crippen LogP contribution >= 0.6 is 12.4 Å². The van der Waals surface area contributed by atoms with Crippen LogP contribution in [0.15, 0.2) is 35.0 Å². The summed E-state index contributed by atoms with van der Waals surface area (Å²) in [5.74, 6) is 1.48. The van der Waals surface area contributed by atoms with E-state index in [2.05, 4.69) is 10.3 Å². The lowest BCUT2D eigenvalue weighted by molar-refractivity contribution is 0.0632. The number of nitrogens with zero attached hydrogens (tertiary/aromatic N) is 2. The Labute approximate surface area is 136 Å². The van der Waals surface area contributed by atoms with E-state index in [1.807, 2.05) is 43.1 Å². The van der Waals surface area contributed by atoms with Crippen LogP contribution in [-0.2, 0) is 0 Å². The third-order valence-electron chi connectivity index (χ3n) is 3.84. The largest absolute Gasteiger partial charge is 0.466 e. The van der Waals surface area contributed by atoms with Crippen molar-refractivity contribution in [3.05, 3.63) is 53.2 Å². The number of amides is 1. The number of rotatable bonds is 2. The second kappa shape index (κ2) is 6.94. The third kappa shape index (κ3) is 3.15. The molecule has 118 valence electrons. The summed E-state index contributed by atoms with van der Waals surface area (Å²) >= 11 is 0. The molecule has 3 heterocycles. The molecule has 0 aromatic carbocycles. The fourth-order valence-corrected chi connectivity index (χ4v) is 2.82. The average Bonchev–Trinajstić information content (AvgIpc) is 2.86. The van der Waals surface area contributed by atoms with Crippen LogP contribution in [0.2, 0.25) is 0 Å². The number of carbonyl (C=O) groups is 1. The van der Waals surface area contributed by atoms with Crippen molar-refractivity contribution in [2.75, 3.05) is 19.6 Å². The van der Waals surface area contributed by atoms with Crippen LogP contribution < -0.4 is 5.32 Å². The molecule has 0 bridgehead atoms. The van der Waals surface area contributed by atoms with Crippen molar-refractivity contribution in [1.82, 2.24) is 15.2 Å². The number of piperazine rings is 1. The highest BCUT2D eigenvalue weighted by molar-refractivity contribution is 5.95. The molecule has 1 fully saturated rings. The molecule has 1 amide bonds. The SMILES string of the molecule is Cc1cc(C(=O)N2CCNCC2c2cccnc2)c(C)o1.Cl. The average molecular weight is 322 g/mol. The Balaban J connectivity index is 0.00000176. The summed E-state index contributed by atoms with van der Waals surface area (Å²) in [7, 11) is 0. The lowest BCUT2D eigenvalue weighted by atomic mass is 10.0. The van der Waals surface area contributed by atoms with E-state index in [1.165, 1.54) is 0 Å². The minimum absolute atomic E-state index is 0. The summed E-state index contributed by atoms with van der Waals surface area (Å²) in [6.45, 7) is 5.93. The summed E-state index contributed by atoms with van der Waals surface area (Å²) in [6.07, 6.45) is 3.57. The fraction of sp³-hybridized carbons (Fsp3) is 0.375. The van der Waals surface area contributed by atoms with Crippen LogP contribution in [0.5, 0.6) is 0 Å². The highest BCUT2D eigenvalue weighted by Gasteiger charge is 2.30. The van der Waals surface area contributed by atoms with E-state index in [-0.39, 0.29) is 24.4 Å². The Kier molecular flexibility index (Phi) is 5.21. The minimum atomic E-state index is 0. The molecule has 0 saturated carbocycles. The van der Waals surface area contributed by atoms with Gasteiger partial charge in [-0.15, -0.1) is 12.4 Å². The highest BCUT2D eigenvalue weighted by atomic mass is 35.5. The third-order valence-corrected chi connectivity index (χ3v) is 3.84. The van der Waals surface area contributed by atoms with Crippen molar-refractivity contribution in [1.29, 1.82) is 0 Å². The molecule has 0 radical (unpaired) electrons. The van der Waals surface area contributed by atoms with Crippen LogP contribution in [0.3, 0.4) is 0 Å². The molecule has 0 aliphatic carbocycles. The number of hydrogen-bond donors (Lipinski definition) is 1. The lowest BCUT2D eigenvalue weighted by Gasteiger charge is -2.36. The van der Waals surface area contributed by atoms with Crippen molar-refractivity contribution >= 4 is 18.3 Å². The van der Waals surface area contributed by atoms with Gasteiger partial charge < -0.3 is 14.6 Å². The van der Waals surface area contributed by atoms with Gasteiger partial charge in [0.15, 0.2) is 0 Å². The van der Waals surface area contributed by atoms with Crippen molar-refractivity contribution in [3.63, 3.8) is 0 Å². The Hall–Kier alpha value is -1.85. The quantitative estimate of drug-likeness (QED) is 0.923. The van der Waals surface area contributed by atoms with Crippen LogP contribution in [0.1, 0.15) is 33.5 Å². The summed E-state index contributed by atoms with van der Waals surface area (Å²) in [6, 6.07) is 5.74. The zero-order valence-corrected chi connectivity index (χ0v) is 13.5. The van der Waals surface area contributed by atoms with Gasteiger partial charge in [-0.25, -0.2) is 0 Å². The first-order chi connectivity index (χ1) is 10.2. The van der Waals surface area contributed by atoms with Crippen LogP contribution in [0, 0.1) is 13.8 Å². The minimum Gasteiger partial charge on any atom is -0.466 e. The van der Waals surface area contributed by atoms with Gasteiger partial charge >= 0.3 is 0 Å². The molecule has 1 N–H and O–H groups in total. The van der Waals surface area contributed by atoms with Gasteiger partial charge in [0.2, 0.25) is 0 Å². The van der Waals surface area contributed by atoms with Crippen LogP contribution in [0.25, 0.3) is 0 Å². The van der Waals surface area contributed by atoms with Crippen molar-refractivity contribution in [2.24, 2.45) is 0 Å². The molecule has 1 unspecified atom stereocenters. The Morgan fingerprint density at radius 3 is 2.91 bits per heavy atom. The van der Waals surface area contributed by atoms with Gasteiger partial charge in [-0.1, -0.05) is 6.07 Å². The summed E-state index contributed by atoms with van der Waals surface area (Å²) in [4.78, 5) is 18.9. The number of pyridine rings is 1. The number of halogens is 1. The molecule has 1 saturated heterocycles. The van der Waals surface area contributed by atoms with Gasteiger partial charge in [0.1, 0.15) is 11.5 Å². The van der Waals surface area contributed by atoms with Crippen molar-refractivity contribution in [2.45, 2.75) is 19.9 Å².